The summed E-state index contributed by atoms with van der Waals surface area (Å²) in [5.41, 5.74) is 5.53. The maximum absolute atomic E-state index is 12.9. The van der Waals surface area contributed by atoms with Gasteiger partial charge < -0.3 is 16.0 Å². The van der Waals surface area contributed by atoms with Crippen molar-refractivity contribution in [2.45, 2.75) is 13.0 Å². The van der Waals surface area contributed by atoms with E-state index in [0.29, 0.717) is 10.6 Å². The Morgan fingerprint density at radius 2 is 2.17 bits per heavy atom. The number of nitrogens with one attached hydrogen (secondary N) is 2. The molecule has 1 rings (SSSR count). The second-order valence-corrected chi connectivity index (χ2v) is 4.21. The van der Waals surface area contributed by atoms with E-state index in [4.69, 9.17) is 5.73 Å². The topological polar surface area (TPSA) is 76.6 Å². The van der Waals surface area contributed by atoms with Crippen LogP contribution in [0.15, 0.2) is 24.3 Å². The van der Waals surface area contributed by atoms with Gasteiger partial charge in [0.25, 0.3) is 11.8 Å². The molecule has 6 heteroatoms. The van der Waals surface area contributed by atoms with Gasteiger partial charge in [0.15, 0.2) is 12.6 Å². The van der Waals surface area contributed by atoms with Gasteiger partial charge in [-0.3, -0.25) is 9.59 Å². The molecule has 4 N–H and O–H groups in total. The molecule has 0 saturated carbocycles. The van der Waals surface area contributed by atoms with Crippen molar-refractivity contribution in [1.29, 1.82) is 0 Å². The second kappa shape index (κ2) is 6.11. The third kappa shape index (κ3) is 4.14. The molecule has 1 aromatic carbocycles. The van der Waals surface area contributed by atoms with Crippen molar-refractivity contribution in [2.24, 2.45) is 5.73 Å². The number of rotatable bonds is 5. The lowest BCUT2D eigenvalue weighted by Crippen LogP contribution is -3.15. The van der Waals surface area contributed by atoms with Gasteiger partial charge in [-0.25, -0.2) is 4.39 Å². The molecule has 0 aliphatic heterocycles. The summed E-state index contributed by atoms with van der Waals surface area (Å²) < 4.78 is 12.9. The summed E-state index contributed by atoms with van der Waals surface area (Å²) in [7, 11) is 1.70. The number of benzene rings is 1. The normalized spacial score (nSPS) is 13.7. The van der Waals surface area contributed by atoms with Crippen molar-refractivity contribution in [3.05, 3.63) is 30.1 Å². The fraction of sp³-hybridized carbons (Fsp3) is 0.333. The Morgan fingerprint density at radius 1 is 1.50 bits per heavy atom. The number of anilines is 1. The van der Waals surface area contributed by atoms with E-state index in [1.807, 2.05) is 0 Å². The van der Waals surface area contributed by atoms with E-state index in [1.54, 1.807) is 20.0 Å². The number of amides is 2. The van der Waals surface area contributed by atoms with Crippen LogP contribution in [0.25, 0.3) is 0 Å². The molecule has 0 bridgehead atoms. The highest BCUT2D eigenvalue weighted by atomic mass is 19.1. The number of quaternary nitrogens is 1. The minimum Gasteiger partial charge on any atom is -0.365 e. The lowest BCUT2D eigenvalue weighted by molar-refractivity contribution is -0.885. The van der Waals surface area contributed by atoms with Gasteiger partial charge in [0.2, 0.25) is 0 Å². The summed E-state index contributed by atoms with van der Waals surface area (Å²) in [4.78, 5) is 23.3. The molecule has 18 heavy (non-hydrogen) atoms. The van der Waals surface area contributed by atoms with Crippen LogP contribution in [0.5, 0.6) is 0 Å². The first kappa shape index (κ1) is 14.1. The maximum Gasteiger partial charge on any atom is 0.279 e. The van der Waals surface area contributed by atoms with Gasteiger partial charge in [-0.15, -0.1) is 0 Å². The number of nitrogens with two attached hydrogens (primary N) is 1. The molecule has 2 amide bonds. The van der Waals surface area contributed by atoms with E-state index in [-0.39, 0.29) is 12.5 Å². The fourth-order valence-electron chi connectivity index (χ4n) is 1.42. The van der Waals surface area contributed by atoms with Crippen LogP contribution in [-0.4, -0.2) is 31.4 Å². The van der Waals surface area contributed by atoms with Crippen molar-refractivity contribution in [2.75, 3.05) is 18.9 Å². The molecule has 0 heterocycles. The van der Waals surface area contributed by atoms with E-state index >= 15 is 0 Å². The van der Waals surface area contributed by atoms with Crippen LogP contribution in [0.2, 0.25) is 0 Å². The van der Waals surface area contributed by atoms with Gasteiger partial charge in [0.1, 0.15) is 5.82 Å². The summed E-state index contributed by atoms with van der Waals surface area (Å²) in [5.74, 6) is -1.18. The lowest BCUT2D eigenvalue weighted by Gasteiger charge is -2.18. The van der Waals surface area contributed by atoms with E-state index < -0.39 is 17.8 Å². The number of carbonyl (C=O) groups excluding carboxylic acids is 2. The molecule has 0 aliphatic rings. The van der Waals surface area contributed by atoms with E-state index in [1.165, 1.54) is 18.2 Å². The monoisotopic (exact) mass is 254 g/mol. The first-order chi connectivity index (χ1) is 8.40. The highest BCUT2D eigenvalue weighted by molar-refractivity contribution is 5.91. The third-order valence-electron chi connectivity index (χ3n) is 2.71. The summed E-state index contributed by atoms with van der Waals surface area (Å²) in [6.45, 7) is 1.73. The Balaban J connectivity index is 2.54. The smallest absolute Gasteiger partial charge is 0.279 e. The van der Waals surface area contributed by atoms with Crippen molar-refractivity contribution in [1.82, 2.24) is 0 Å². The summed E-state index contributed by atoms with van der Waals surface area (Å²) in [6, 6.07) is 5.16. The quantitative estimate of drug-likeness (QED) is 0.640. The molecule has 2 atom stereocenters. The number of primary amides is 1. The molecule has 0 fully saturated rings. The molecule has 5 nitrogen and oxygen atoms in total. The average Bonchev–Trinajstić information content (AvgIpc) is 2.27. The first-order valence-electron chi connectivity index (χ1n) is 5.57. The van der Waals surface area contributed by atoms with Crippen molar-refractivity contribution in [3.8, 4) is 0 Å². The van der Waals surface area contributed by atoms with E-state index in [0.717, 1.165) is 0 Å². The largest absolute Gasteiger partial charge is 0.365 e. The van der Waals surface area contributed by atoms with Crippen LogP contribution in [-0.2, 0) is 9.59 Å². The second-order valence-electron chi connectivity index (χ2n) is 4.21. The van der Waals surface area contributed by atoms with E-state index in [9.17, 15) is 14.0 Å². The standard InChI is InChI=1S/C12H16FN3O2/c1-8(12(14)18)16(2)7-11(17)15-10-5-3-4-9(13)6-10/h3-6,8H,7H2,1-2H3,(H2,14,18)(H,15,17)/p+1/t8-/m0/s1. The number of hydrogen-bond acceptors (Lipinski definition) is 2. The summed E-state index contributed by atoms with van der Waals surface area (Å²) in [6.07, 6.45) is 0. The van der Waals surface area contributed by atoms with Crippen LogP contribution in [0, 0.1) is 5.82 Å². The minimum atomic E-state index is -0.467. The molecular weight excluding hydrogens is 237 g/mol. The predicted molar refractivity (Wildman–Crippen MR) is 65.4 cm³/mol. The van der Waals surface area contributed by atoms with Gasteiger partial charge in [-0.05, 0) is 25.1 Å². The molecule has 0 radical (unpaired) electrons. The van der Waals surface area contributed by atoms with Crippen LogP contribution in [0.4, 0.5) is 10.1 Å². The van der Waals surface area contributed by atoms with Gasteiger partial charge in [0, 0.05) is 5.69 Å². The zero-order valence-electron chi connectivity index (χ0n) is 10.4. The summed E-state index contributed by atoms with van der Waals surface area (Å²) in [5, 5.41) is 2.56. The molecule has 98 valence electrons. The Labute approximate surface area is 105 Å². The Morgan fingerprint density at radius 3 is 2.72 bits per heavy atom. The first-order valence-corrected chi connectivity index (χ1v) is 5.57. The molecule has 0 spiro atoms. The molecule has 0 aromatic heterocycles. The van der Waals surface area contributed by atoms with Crippen molar-refractivity contribution < 1.29 is 18.9 Å². The molecule has 1 unspecified atom stereocenters. The van der Waals surface area contributed by atoms with Crippen LogP contribution < -0.4 is 16.0 Å². The van der Waals surface area contributed by atoms with Gasteiger partial charge in [0.05, 0.1) is 7.05 Å². The highest BCUT2D eigenvalue weighted by Gasteiger charge is 2.21. The number of carbonyl (C=O) groups is 2. The summed E-state index contributed by atoms with van der Waals surface area (Å²) >= 11 is 0. The van der Waals surface area contributed by atoms with Crippen LogP contribution in [0.1, 0.15) is 6.92 Å². The maximum atomic E-state index is 12.9. The van der Waals surface area contributed by atoms with Crippen LogP contribution in [0.3, 0.4) is 0 Å². The Kier molecular flexibility index (Phi) is 4.79. The van der Waals surface area contributed by atoms with Crippen molar-refractivity contribution >= 4 is 17.5 Å². The third-order valence-corrected chi connectivity index (χ3v) is 2.71. The molecule has 0 aliphatic carbocycles. The van der Waals surface area contributed by atoms with E-state index in [2.05, 4.69) is 5.32 Å². The van der Waals surface area contributed by atoms with Crippen LogP contribution >= 0.6 is 0 Å². The number of hydrogen-bond donors (Lipinski definition) is 3. The zero-order valence-corrected chi connectivity index (χ0v) is 10.4. The predicted octanol–water partition coefficient (Wildman–Crippen LogP) is -0.847. The fourth-order valence-corrected chi connectivity index (χ4v) is 1.42. The van der Waals surface area contributed by atoms with Gasteiger partial charge >= 0.3 is 0 Å². The zero-order chi connectivity index (χ0) is 13.7. The van der Waals surface area contributed by atoms with Gasteiger partial charge in [-0.2, -0.15) is 0 Å². The molecular formula is C12H17FN3O2+. The number of halogens is 1. The average molecular weight is 254 g/mol. The molecule has 1 aromatic rings. The number of likely N-dealkylation sites (N-methyl/N-ethyl adjacent to an activating group) is 1. The van der Waals surface area contributed by atoms with Gasteiger partial charge in [-0.1, -0.05) is 6.07 Å². The highest BCUT2D eigenvalue weighted by Crippen LogP contribution is 2.08. The van der Waals surface area contributed by atoms with Crippen molar-refractivity contribution in [3.63, 3.8) is 0 Å². The SMILES string of the molecule is C[C@@H](C(N)=O)[NH+](C)CC(=O)Nc1cccc(F)c1. The minimum absolute atomic E-state index is 0.0839. The molecule has 0 saturated heterocycles. The lowest BCUT2D eigenvalue weighted by atomic mass is 10.2. The Hall–Kier alpha value is -1.95. The Bertz CT molecular complexity index is 451.